The van der Waals surface area contributed by atoms with E-state index < -0.39 is 5.97 Å². The summed E-state index contributed by atoms with van der Waals surface area (Å²) in [7, 11) is 0. The second kappa shape index (κ2) is 31.6. The van der Waals surface area contributed by atoms with Crippen molar-refractivity contribution in [2.45, 2.75) is 64.7 Å². The Hall–Kier alpha value is -0.790. The third-order valence-corrected chi connectivity index (χ3v) is 6.16. The van der Waals surface area contributed by atoms with Gasteiger partial charge in [0.25, 0.3) is 0 Å². The summed E-state index contributed by atoms with van der Waals surface area (Å²) in [5.41, 5.74) is 1.08. The van der Waals surface area contributed by atoms with Crippen molar-refractivity contribution in [3.8, 4) is 5.75 Å². The first-order valence-electron chi connectivity index (χ1n) is 15.2. The summed E-state index contributed by atoms with van der Waals surface area (Å²) < 4.78 is 37.8. The molecule has 0 aliphatic carbocycles. The molecule has 0 amide bonds. The second-order valence-corrected chi connectivity index (χ2v) is 9.59. The van der Waals surface area contributed by atoms with Gasteiger partial charge >= 0.3 is 29.6 Å². The number of aryl methyl sites for hydroxylation is 1. The Bertz CT molecular complexity index is 738. The van der Waals surface area contributed by atoms with E-state index in [9.17, 15) is 9.90 Å². The number of aromatic carboxylic acids is 1. The third-order valence-electron chi connectivity index (χ3n) is 6.16. The molecule has 0 aliphatic heterocycles. The number of carbonyl (C=O) groups excluding carboxylic acids is 1. The summed E-state index contributed by atoms with van der Waals surface area (Å²) in [6, 6.07) is 5.31. The van der Waals surface area contributed by atoms with Crippen LogP contribution in [0.3, 0.4) is 0 Å². The number of benzene rings is 1. The smallest absolute Gasteiger partial charge is 0.545 e. The Labute approximate surface area is 275 Å². The van der Waals surface area contributed by atoms with Gasteiger partial charge in [-0.25, -0.2) is 0 Å². The number of carboxylic acids is 1. The van der Waals surface area contributed by atoms with Gasteiger partial charge in [-0.1, -0.05) is 57.9 Å². The molecular formula is C31H53NaO10. The van der Waals surface area contributed by atoms with Gasteiger partial charge < -0.3 is 48.2 Å². The van der Waals surface area contributed by atoms with Crippen LogP contribution in [0.25, 0.3) is 0 Å². The number of hydrogen-bond donors (Lipinski definition) is 1. The van der Waals surface area contributed by atoms with E-state index in [1.165, 1.54) is 38.5 Å². The SMILES string of the molecule is CCCCCCCCCCc1ccc(OCCOCCOCCOCCOCCOCCOCCO)c(C(=O)[O-])c1.[Na+]. The van der Waals surface area contributed by atoms with E-state index in [-0.39, 0.29) is 48.3 Å². The molecule has 42 heavy (non-hydrogen) atoms. The van der Waals surface area contributed by atoms with Crippen LogP contribution in [0.5, 0.6) is 5.75 Å². The van der Waals surface area contributed by atoms with Crippen LogP contribution in [-0.4, -0.2) is 104 Å². The monoisotopic (exact) mass is 608 g/mol. The molecule has 1 N–H and O–H groups in total. The van der Waals surface area contributed by atoms with Crippen LogP contribution in [0.15, 0.2) is 18.2 Å². The van der Waals surface area contributed by atoms with Gasteiger partial charge in [0, 0.05) is 5.56 Å². The van der Waals surface area contributed by atoms with Gasteiger partial charge in [-0.05, 0) is 30.5 Å². The van der Waals surface area contributed by atoms with E-state index >= 15 is 0 Å². The molecule has 0 heterocycles. The zero-order valence-corrected chi connectivity index (χ0v) is 28.1. The van der Waals surface area contributed by atoms with Crippen LogP contribution in [0, 0.1) is 0 Å². The number of carbonyl (C=O) groups is 1. The van der Waals surface area contributed by atoms with E-state index in [1.807, 2.05) is 6.07 Å². The summed E-state index contributed by atoms with van der Waals surface area (Å²) >= 11 is 0. The molecule has 0 fully saturated rings. The number of aliphatic hydroxyl groups excluding tert-OH is 1. The molecule has 1 aromatic rings. The van der Waals surface area contributed by atoms with Gasteiger partial charge in [-0.2, -0.15) is 0 Å². The molecule has 11 heteroatoms. The topological polar surface area (TPSA) is 125 Å². The summed E-state index contributed by atoms with van der Waals surface area (Å²) in [5.74, 6) is -0.922. The minimum Gasteiger partial charge on any atom is -0.545 e. The molecule has 0 bridgehead atoms. The predicted octanol–water partition coefficient (Wildman–Crippen LogP) is 0.208. The zero-order valence-electron chi connectivity index (χ0n) is 26.1. The Morgan fingerprint density at radius 1 is 0.643 bits per heavy atom. The molecule has 238 valence electrons. The molecule has 1 aromatic carbocycles. The van der Waals surface area contributed by atoms with Crippen molar-refractivity contribution in [1.82, 2.24) is 0 Å². The molecule has 1 rings (SSSR count). The third kappa shape index (κ3) is 24.6. The van der Waals surface area contributed by atoms with Crippen molar-refractivity contribution in [2.75, 3.05) is 92.5 Å². The minimum absolute atomic E-state index is 0. The van der Waals surface area contributed by atoms with Crippen LogP contribution < -0.4 is 39.4 Å². The van der Waals surface area contributed by atoms with Crippen molar-refractivity contribution < 1.29 is 77.7 Å². The van der Waals surface area contributed by atoms with E-state index in [0.29, 0.717) is 85.0 Å². The van der Waals surface area contributed by atoms with Crippen molar-refractivity contribution in [3.63, 3.8) is 0 Å². The number of unbranched alkanes of at least 4 members (excludes halogenated alkanes) is 7. The number of hydrogen-bond acceptors (Lipinski definition) is 10. The first kappa shape index (κ1) is 41.2. The number of aliphatic hydroxyl groups is 1. The van der Waals surface area contributed by atoms with Crippen molar-refractivity contribution in [1.29, 1.82) is 0 Å². The maximum Gasteiger partial charge on any atom is 1.00 e. The van der Waals surface area contributed by atoms with E-state index in [1.54, 1.807) is 12.1 Å². The van der Waals surface area contributed by atoms with Gasteiger partial charge in [-0.3, -0.25) is 0 Å². The molecule has 0 aliphatic rings. The molecule has 0 atom stereocenters. The van der Waals surface area contributed by atoms with Crippen LogP contribution >= 0.6 is 0 Å². The molecule has 10 nitrogen and oxygen atoms in total. The Morgan fingerprint density at radius 3 is 1.52 bits per heavy atom. The van der Waals surface area contributed by atoms with E-state index in [2.05, 4.69) is 6.92 Å². The molecule has 0 aromatic heterocycles. The van der Waals surface area contributed by atoms with Gasteiger partial charge in [0.1, 0.15) is 12.4 Å². The Morgan fingerprint density at radius 2 is 1.07 bits per heavy atom. The van der Waals surface area contributed by atoms with Gasteiger partial charge in [-0.15, -0.1) is 0 Å². The van der Waals surface area contributed by atoms with Gasteiger partial charge in [0.2, 0.25) is 0 Å². The Balaban J connectivity index is 0.0000168. The first-order valence-corrected chi connectivity index (χ1v) is 15.2. The summed E-state index contributed by atoms with van der Waals surface area (Å²) in [5, 5.41) is 20.2. The fourth-order valence-electron chi connectivity index (χ4n) is 3.96. The molecule has 0 saturated carbocycles. The molecule has 0 spiro atoms. The normalized spacial score (nSPS) is 11.0. The average molecular weight is 609 g/mol. The Kier molecular flexibility index (Phi) is 31.0. The summed E-state index contributed by atoms with van der Waals surface area (Å²) in [4.78, 5) is 11.6. The van der Waals surface area contributed by atoms with E-state index in [0.717, 1.165) is 24.8 Å². The quantitative estimate of drug-likeness (QED) is 0.0924. The first-order chi connectivity index (χ1) is 20.2. The summed E-state index contributed by atoms with van der Waals surface area (Å²) in [6.45, 7) is 7.75. The molecular weight excluding hydrogens is 555 g/mol. The standard InChI is InChI=1S/C31H54O10.Na/c1-2-3-4-5-6-7-8-9-10-28-11-12-30(29(27-28)31(33)34)41-26-25-40-24-23-39-22-21-38-20-19-37-18-17-36-16-15-35-14-13-32;/h11-12,27,32H,2-10,13-26H2,1H3,(H,33,34);/q;+1/p-1. The fourth-order valence-corrected chi connectivity index (χ4v) is 3.96. The largest absolute Gasteiger partial charge is 1.00 e. The second-order valence-electron chi connectivity index (χ2n) is 9.59. The van der Waals surface area contributed by atoms with Gasteiger partial charge in [0.05, 0.1) is 91.9 Å². The van der Waals surface area contributed by atoms with Crippen molar-refractivity contribution in [3.05, 3.63) is 29.3 Å². The van der Waals surface area contributed by atoms with Crippen molar-refractivity contribution in [2.24, 2.45) is 0 Å². The molecule has 0 saturated heterocycles. The zero-order chi connectivity index (χ0) is 29.6. The maximum atomic E-state index is 11.6. The van der Waals surface area contributed by atoms with Crippen LogP contribution in [0.2, 0.25) is 0 Å². The average Bonchev–Trinajstić information content (AvgIpc) is 2.97. The molecule has 0 radical (unpaired) electrons. The minimum atomic E-state index is -1.23. The predicted molar refractivity (Wildman–Crippen MR) is 155 cm³/mol. The number of carboxylic acid groups (broad SMARTS) is 1. The molecule has 0 unspecified atom stereocenters. The maximum absolute atomic E-state index is 11.6. The van der Waals surface area contributed by atoms with Crippen molar-refractivity contribution >= 4 is 5.97 Å². The van der Waals surface area contributed by atoms with E-state index in [4.69, 9.17) is 38.3 Å². The fraction of sp³-hybridized carbons (Fsp3) is 0.774. The van der Waals surface area contributed by atoms with Crippen LogP contribution in [0.4, 0.5) is 0 Å². The summed E-state index contributed by atoms with van der Waals surface area (Å²) in [6.07, 6.45) is 10.8. The van der Waals surface area contributed by atoms with Crippen LogP contribution in [0.1, 0.15) is 74.2 Å². The van der Waals surface area contributed by atoms with Crippen LogP contribution in [-0.2, 0) is 34.8 Å². The van der Waals surface area contributed by atoms with Gasteiger partial charge in [0.15, 0.2) is 0 Å². The number of ether oxygens (including phenoxy) is 7. The number of rotatable bonds is 31.